The SMILES string of the molecule is CC(O)C(=O)Nc1cccc(-c2n[nH]c(C3CC3)n2)c1. The van der Waals surface area contributed by atoms with Crippen LogP contribution in [0, 0.1) is 0 Å². The first-order chi connectivity index (χ1) is 9.63. The molecule has 0 saturated heterocycles. The first-order valence-corrected chi connectivity index (χ1v) is 6.65. The number of hydrogen-bond acceptors (Lipinski definition) is 4. The maximum atomic E-state index is 11.5. The van der Waals surface area contributed by atoms with E-state index in [-0.39, 0.29) is 0 Å². The number of rotatable bonds is 4. The van der Waals surface area contributed by atoms with Crippen LogP contribution in [0.2, 0.25) is 0 Å². The average molecular weight is 272 g/mol. The molecule has 1 aromatic carbocycles. The van der Waals surface area contributed by atoms with E-state index in [1.165, 1.54) is 19.8 Å². The minimum Gasteiger partial charge on any atom is -0.384 e. The summed E-state index contributed by atoms with van der Waals surface area (Å²) in [5, 5.41) is 19.0. The Balaban J connectivity index is 1.80. The predicted octanol–water partition coefficient (Wildman–Crippen LogP) is 1.67. The number of anilines is 1. The van der Waals surface area contributed by atoms with Gasteiger partial charge < -0.3 is 10.4 Å². The van der Waals surface area contributed by atoms with E-state index in [1.54, 1.807) is 12.1 Å². The van der Waals surface area contributed by atoms with Crippen LogP contribution < -0.4 is 5.32 Å². The molecule has 1 saturated carbocycles. The molecule has 6 heteroatoms. The molecule has 20 heavy (non-hydrogen) atoms. The fraction of sp³-hybridized carbons (Fsp3) is 0.357. The molecule has 0 spiro atoms. The topological polar surface area (TPSA) is 90.9 Å². The Bertz CT molecular complexity index is 632. The second-order valence-electron chi connectivity index (χ2n) is 5.06. The van der Waals surface area contributed by atoms with Crippen molar-refractivity contribution in [2.45, 2.75) is 31.8 Å². The van der Waals surface area contributed by atoms with Gasteiger partial charge in [-0.25, -0.2) is 4.98 Å². The summed E-state index contributed by atoms with van der Waals surface area (Å²) in [5.74, 6) is 1.64. The van der Waals surface area contributed by atoms with Crippen LogP contribution in [0.25, 0.3) is 11.4 Å². The largest absolute Gasteiger partial charge is 0.384 e. The van der Waals surface area contributed by atoms with Gasteiger partial charge in [0.1, 0.15) is 11.9 Å². The molecular formula is C14H16N4O2. The lowest BCUT2D eigenvalue weighted by atomic mass is 10.2. The molecule has 0 radical (unpaired) electrons. The first-order valence-electron chi connectivity index (χ1n) is 6.65. The number of aromatic nitrogens is 3. The summed E-state index contributed by atoms with van der Waals surface area (Å²) in [5.41, 5.74) is 1.45. The third kappa shape index (κ3) is 2.70. The van der Waals surface area contributed by atoms with Crippen molar-refractivity contribution in [2.24, 2.45) is 0 Å². The highest BCUT2D eigenvalue weighted by Gasteiger charge is 2.27. The number of aliphatic hydroxyl groups is 1. The standard InChI is InChI=1S/C14H16N4O2/c1-8(19)14(20)15-11-4-2-3-10(7-11)13-16-12(17-18-13)9-5-6-9/h2-4,7-9,19H,5-6H2,1H3,(H,15,20)(H,16,17,18). The van der Waals surface area contributed by atoms with Gasteiger partial charge in [-0.1, -0.05) is 12.1 Å². The van der Waals surface area contributed by atoms with Gasteiger partial charge in [-0.15, -0.1) is 0 Å². The summed E-state index contributed by atoms with van der Waals surface area (Å²) in [4.78, 5) is 15.9. The van der Waals surface area contributed by atoms with Gasteiger partial charge in [0, 0.05) is 17.2 Å². The molecule has 6 nitrogen and oxygen atoms in total. The van der Waals surface area contributed by atoms with Crippen molar-refractivity contribution in [1.82, 2.24) is 15.2 Å². The summed E-state index contributed by atoms with van der Waals surface area (Å²) in [6, 6.07) is 7.26. The van der Waals surface area contributed by atoms with Crippen molar-refractivity contribution in [3.05, 3.63) is 30.1 Å². The normalized spacial score (nSPS) is 15.9. The Morgan fingerprint density at radius 2 is 2.30 bits per heavy atom. The molecule has 104 valence electrons. The second-order valence-corrected chi connectivity index (χ2v) is 5.06. The summed E-state index contributed by atoms with van der Waals surface area (Å²) >= 11 is 0. The van der Waals surface area contributed by atoms with Gasteiger partial charge in [-0.05, 0) is 31.9 Å². The van der Waals surface area contributed by atoms with Crippen molar-refractivity contribution < 1.29 is 9.90 Å². The highest BCUT2D eigenvalue weighted by molar-refractivity contribution is 5.94. The van der Waals surface area contributed by atoms with Crippen molar-refractivity contribution in [3.63, 3.8) is 0 Å². The van der Waals surface area contributed by atoms with E-state index in [9.17, 15) is 9.90 Å². The zero-order chi connectivity index (χ0) is 14.1. The van der Waals surface area contributed by atoms with Gasteiger partial charge in [-0.3, -0.25) is 9.89 Å². The third-order valence-electron chi connectivity index (χ3n) is 3.23. The minimum atomic E-state index is -1.04. The molecule has 1 aromatic heterocycles. The van der Waals surface area contributed by atoms with Crippen molar-refractivity contribution in [1.29, 1.82) is 0 Å². The Morgan fingerprint density at radius 3 is 3.00 bits per heavy atom. The zero-order valence-corrected chi connectivity index (χ0v) is 11.1. The van der Waals surface area contributed by atoms with Gasteiger partial charge in [0.25, 0.3) is 5.91 Å². The van der Waals surface area contributed by atoms with E-state index in [0.717, 1.165) is 11.4 Å². The van der Waals surface area contributed by atoms with E-state index >= 15 is 0 Å². The van der Waals surface area contributed by atoms with E-state index in [4.69, 9.17) is 0 Å². The fourth-order valence-corrected chi connectivity index (χ4v) is 1.93. The van der Waals surface area contributed by atoms with Crippen molar-refractivity contribution >= 4 is 11.6 Å². The molecule has 1 atom stereocenters. The Hall–Kier alpha value is -2.21. The van der Waals surface area contributed by atoms with Gasteiger partial charge in [0.15, 0.2) is 5.82 Å². The molecule has 1 aliphatic carbocycles. The van der Waals surface area contributed by atoms with Crippen LogP contribution in [0.15, 0.2) is 24.3 Å². The quantitative estimate of drug-likeness (QED) is 0.789. The Kier molecular flexibility index (Phi) is 3.23. The van der Waals surface area contributed by atoms with Crippen molar-refractivity contribution in [2.75, 3.05) is 5.32 Å². The lowest BCUT2D eigenvalue weighted by Crippen LogP contribution is -2.24. The number of aromatic amines is 1. The molecule has 1 amide bonds. The molecule has 1 unspecified atom stereocenters. The van der Waals surface area contributed by atoms with Crippen LogP contribution in [-0.2, 0) is 4.79 Å². The highest BCUT2D eigenvalue weighted by Crippen LogP contribution is 2.38. The number of amides is 1. The van der Waals surface area contributed by atoms with Gasteiger partial charge in [0.2, 0.25) is 0 Å². The van der Waals surface area contributed by atoms with Gasteiger partial charge in [-0.2, -0.15) is 5.10 Å². The molecule has 3 N–H and O–H groups in total. The lowest BCUT2D eigenvalue weighted by Gasteiger charge is -2.07. The molecule has 1 heterocycles. The summed E-state index contributed by atoms with van der Waals surface area (Å²) in [7, 11) is 0. The van der Waals surface area contributed by atoms with E-state index in [0.29, 0.717) is 17.4 Å². The molecule has 0 aliphatic heterocycles. The maximum absolute atomic E-state index is 11.5. The first kappa shape index (κ1) is 12.8. The zero-order valence-electron chi connectivity index (χ0n) is 11.1. The van der Waals surface area contributed by atoms with Crippen LogP contribution in [0.5, 0.6) is 0 Å². The predicted molar refractivity (Wildman–Crippen MR) is 74.1 cm³/mol. The smallest absolute Gasteiger partial charge is 0.252 e. The number of benzene rings is 1. The minimum absolute atomic E-state index is 0.434. The van der Waals surface area contributed by atoms with E-state index < -0.39 is 12.0 Å². The van der Waals surface area contributed by atoms with E-state index in [2.05, 4.69) is 20.5 Å². The second kappa shape index (κ2) is 5.05. The Labute approximate surface area is 116 Å². The number of carbonyl (C=O) groups is 1. The molecule has 1 fully saturated rings. The van der Waals surface area contributed by atoms with Crippen LogP contribution in [0.1, 0.15) is 31.5 Å². The number of nitrogens with zero attached hydrogens (tertiary/aromatic N) is 2. The Morgan fingerprint density at radius 1 is 1.50 bits per heavy atom. The number of carbonyl (C=O) groups excluding carboxylic acids is 1. The number of hydrogen-bond donors (Lipinski definition) is 3. The van der Waals surface area contributed by atoms with Crippen LogP contribution in [-0.4, -0.2) is 32.3 Å². The molecular weight excluding hydrogens is 256 g/mol. The molecule has 1 aliphatic rings. The number of aliphatic hydroxyl groups excluding tert-OH is 1. The van der Waals surface area contributed by atoms with Crippen LogP contribution in [0.4, 0.5) is 5.69 Å². The van der Waals surface area contributed by atoms with Crippen LogP contribution in [0.3, 0.4) is 0 Å². The molecule has 3 rings (SSSR count). The van der Waals surface area contributed by atoms with Gasteiger partial charge in [0.05, 0.1) is 0 Å². The lowest BCUT2D eigenvalue weighted by molar-refractivity contribution is -0.123. The van der Waals surface area contributed by atoms with E-state index in [1.807, 2.05) is 12.1 Å². The summed E-state index contributed by atoms with van der Waals surface area (Å²) < 4.78 is 0. The highest BCUT2D eigenvalue weighted by atomic mass is 16.3. The monoisotopic (exact) mass is 272 g/mol. The number of nitrogens with one attached hydrogen (secondary N) is 2. The third-order valence-corrected chi connectivity index (χ3v) is 3.23. The maximum Gasteiger partial charge on any atom is 0.252 e. The fourth-order valence-electron chi connectivity index (χ4n) is 1.93. The molecule has 2 aromatic rings. The molecule has 0 bridgehead atoms. The van der Waals surface area contributed by atoms with Crippen molar-refractivity contribution in [3.8, 4) is 11.4 Å². The summed E-state index contributed by atoms with van der Waals surface area (Å²) in [6.45, 7) is 1.43. The number of H-pyrrole nitrogens is 1. The van der Waals surface area contributed by atoms with Gasteiger partial charge >= 0.3 is 0 Å². The average Bonchev–Trinajstić information content (AvgIpc) is 3.16. The summed E-state index contributed by atoms with van der Waals surface area (Å²) in [6.07, 6.45) is 1.29. The van der Waals surface area contributed by atoms with Crippen LogP contribution >= 0.6 is 0 Å².